The molecule has 5 heterocycles. The molecule has 11 nitrogen and oxygen atoms in total. The number of methoxy groups -OCH3 is 1. The van der Waals surface area contributed by atoms with E-state index in [9.17, 15) is 22.8 Å². The molecule has 2 fully saturated rings. The molecular weight excluding hydrogens is 732 g/mol. The minimum atomic E-state index is -4.77. The Morgan fingerprint density at radius 2 is 1.77 bits per heavy atom. The van der Waals surface area contributed by atoms with Gasteiger partial charge in [-0.05, 0) is 49.4 Å². The van der Waals surface area contributed by atoms with Gasteiger partial charge in [0.2, 0.25) is 5.88 Å². The molecule has 53 heavy (non-hydrogen) atoms. The summed E-state index contributed by atoms with van der Waals surface area (Å²) in [6, 6.07) is 13.3. The Bertz CT molecular complexity index is 2370. The summed E-state index contributed by atoms with van der Waals surface area (Å²) in [7, 11) is 3.00. The number of pyridine rings is 2. The second-order valence-corrected chi connectivity index (χ2v) is 14.4. The highest BCUT2D eigenvalue weighted by Crippen LogP contribution is 2.47. The minimum absolute atomic E-state index is 0.0239. The second kappa shape index (κ2) is 13.2. The van der Waals surface area contributed by atoms with Crippen LogP contribution in [-0.2, 0) is 19.6 Å². The number of nitrogens with zero attached hydrogens (tertiary/aromatic N) is 5. The number of alkyl halides is 3. The summed E-state index contributed by atoms with van der Waals surface area (Å²) in [6.45, 7) is 2.27. The van der Waals surface area contributed by atoms with Gasteiger partial charge < -0.3 is 20.7 Å². The molecule has 3 aliphatic rings. The van der Waals surface area contributed by atoms with Crippen molar-refractivity contribution in [2.75, 3.05) is 32.1 Å². The molecule has 0 bridgehead atoms. The Kier molecular flexibility index (Phi) is 8.74. The lowest BCUT2D eigenvalue weighted by molar-refractivity contribution is -0.141. The highest BCUT2D eigenvalue weighted by molar-refractivity contribution is 6.39. The van der Waals surface area contributed by atoms with E-state index in [-0.39, 0.29) is 44.9 Å². The molecule has 0 saturated carbocycles. The van der Waals surface area contributed by atoms with E-state index < -0.39 is 17.4 Å². The number of urea groups is 1. The van der Waals surface area contributed by atoms with Crippen molar-refractivity contribution >= 4 is 51.5 Å². The molecule has 0 radical (unpaired) electrons. The number of halogens is 5. The van der Waals surface area contributed by atoms with Gasteiger partial charge in [0.1, 0.15) is 11.5 Å². The number of benzene rings is 2. The lowest BCUT2D eigenvalue weighted by Crippen LogP contribution is -2.59. The molecule has 0 unspecified atom stereocenters. The van der Waals surface area contributed by atoms with Crippen LogP contribution in [0.25, 0.3) is 33.2 Å². The first-order valence-corrected chi connectivity index (χ1v) is 17.8. The number of aromatic nitrogens is 4. The van der Waals surface area contributed by atoms with Gasteiger partial charge in [0.15, 0.2) is 0 Å². The fraction of sp³-hybridized carbons (Fsp3) is 0.324. The van der Waals surface area contributed by atoms with Gasteiger partial charge in [0.25, 0.3) is 5.56 Å². The van der Waals surface area contributed by atoms with E-state index in [1.807, 2.05) is 18.2 Å². The lowest BCUT2D eigenvalue weighted by Gasteiger charge is -2.36. The number of anilines is 2. The number of fused-ring (bicyclic) bond motifs is 2. The molecule has 2 amide bonds. The summed E-state index contributed by atoms with van der Waals surface area (Å²) < 4.78 is 48.4. The Hall–Kier alpha value is -4.92. The maximum atomic E-state index is 13.8. The SMILES string of the molecule is COc1nc(-c2cccc(-c3cccc(Nc4nc(C(F)(F)F)cc5cnn(C)c(=O)c45)c3Cl)c2Cl)cc2c1[C@@H](N1CC[C@@]3(CCNC(=O)N3)C1)CC2. The van der Waals surface area contributed by atoms with E-state index in [2.05, 4.69) is 30.9 Å². The van der Waals surface area contributed by atoms with Crippen molar-refractivity contribution in [3.05, 3.63) is 91.9 Å². The average molecular weight is 766 g/mol. The monoisotopic (exact) mass is 764 g/mol. The zero-order valence-electron chi connectivity index (χ0n) is 28.6. The minimum Gasteiger partial charge on any atom is -0.481 e. The van der Waals surface area contributed by atoms with Crippen LogP contribution in [0.15, 0.2) is 59.5 Å². The number of likely N-dealkylation sites (tertiary alicyclic amines) is 1. The summed E-state index contributed by atoms with van der Waals surface area (Å²) >= 11 is 14.1. The molecular formula is C37H33Cl2F3N8O3. The highest BCUT2D eigenvalue weighted by atomic mass is 35.5. The van der Waals surface area contributed by atoms with Crippen LogP contribution in [0.1, 0.15) is 42.1 Å². The maximum Gasteiger partial charge on any atom is 0.433 e. The first-order chi connectivity index (χ1) is 25.4. The maximum absolute atomic E-state index is 13.8. The number of hydrogen-bond donors (Lipinski definition) is 3. The number of amides is 2. The van der Waals surface area contributed by atoms with Crippen LogP contribution in [0.2, 0.25) is 10.0 Å². The number of ether oxygens (including phenoxy) is 1. The van der Waals surface area contributed by atoms with Gasteiger partial charge >= 0.3 is 12.2 Å². The van der Waals surface area contributed by atoms with Gasteiger partial charge in [0.05, 0.1) is 45.7 Å². The molecule has 5 aromatic rings. The van der Waals surface area contributed by atoms with Gasteiger partial charge in [-0.1, -0.05) is 53.5 Å². The molecule has 16 heteroatoms. The van der Waals surface area contributed by atoms with E-state index in [0.29, 0.717) is 39.8 Å². The predicted molar refractivity (Wildman–Crippen MR) is 196 cm³/mol. The first-order valence-electron chi connectivity index (χ1n) is 17.0. The molecule has 3 N–H and O–H groups in total. The molecule has 3 aromatic heterocycles. The van der Waals surface area contributed by atoms with Crippen molar-refractivity contribution in [3.63, 3.8) is 0 Å². The molecule has 2 aliphatic heterocycles. The molecule has 274 valence electrons. The van der Waals surface area contributed by atoms with Crippen molar-refractivity contribution in [2.24, 2.45) is 7.05 Å². The fourth-order valence-electron chi connectivity index (χ4n) is 7.87. The van der Waals surface area contributed by atoms with Gasteiger partial charge in [-0.2, -0.15) is 18.3 Å². The number of rotatable bonds is 6. The van der Waals surface area contributed by atoms with Crippen molar-refractivity contribution in [1.29, 1.82) is 0 Å². The quantitative estimate of drug-likeness (QED) is 0.165. The van der Waals surface area contributed by atoms with Gasteiger partial charge in [-0.15, -0.1) is 0 Å². The smallest absolute Gasteiger partial charge is 0.433 e. The molecule has 1 spiro atoms. The predicted octanol–water partition coefficient (Wildman–Crippen LogP) is 7.27. The van der Waals surface area contributed by atoms with Crippen LogP contribution in [0, 0.1) is 0 Å². The third kappa shape index (κ3) is 6.21. The third-order valence-electron chi connectivity index (χ3n) is 10.4. The van der Waals surface area contributed by atoms with Crippen LogP contribution < -0.4 is 26.2 Å². The van der Waals surface area contributed by atoms with Crippen molar-refractivity contribution in [1.82, 2.24) is 35.3 Å². The van der Waals surface area contributed by atoms with E-state index in [0.717, 1.165) is 60.6 Å². The first kappa shape index (κ1) is 35.1. The summed E-state index contributed by atoms with van der Waals surface area (Å²) in [6.07, 6.45) is -0.133. The number of nitrogens with one attached hydrogen (secondary N) is 3. The Balaban J connectivity index is 1.13. The van der Waals surface area contributed by atoms with Crippen LogP contribution in [0.3, 0.4) is 0 Å². The van der Waals surface area contributed by atoms with E-state index in [1.165, 1.54) is 13.2 Å². The molecule has 2 atom stereocenters. The number of hydrogen-bond acceptors (Lipinski definition) is 8. The van der Waals surface area contributed by atoms with Crippen LogP contribution in [0.5, 0.6) is 5.88 Å². The summed E-state index contributed by atoms with van der Waals surface area (Å²) in [5.74, 6) is 0.206. The summed E-state index contributed by atoms with van der Waals surface area (Å²) in [4.78, 5) is 36.3. The Morgan fingerprint density at radius 3 is 2.53 bits per heavy atom. The van der Waals surface area contributed by atoms with Crippen LogP contribution >= 0.6 is 23.2 Å². The zero-order chi connectivity index (χ0) is 37.2. The van der Waals surface area contributed by atoms with Crippen molar-refractivity contribution in [2.45, 2.75) is 43.4 Å². The fourth-order valence-corrected chi connectivity index (χ4v) is 8.47. The highest BCUT2D eigenvalue weighted by Gasteiger charge is 2.45. The Morgan fingerprint density at radius 1 is 1.02 bits per heavy atom. The number of aryl methyl sites for hydroxylation is 2. The average Bonchev–Trinajstić information content (AvgIpc) is 3.74. The third-order valence-corrected chi connectivity index (χ3v) is 11.3. The lowest BCUT2D eigenvalue weighted by atomic mass is 9.93. The molecule has 8 rings (SSSR count). The normalized spacial score (nSPS) is 20.1. The van der Waals surface area contributed by atoms with Gasteiger partial charge in [-0.25, -0.2) is 19.4 Å². The Labute approximate surface area is 311 Å². The summed E-state index contributed by atoms with van der Waals surface area (Å²) in [5, 5.41) is 13.2. The zero-order valence-corrected chi connectivity index (χ0v) is 30.1. The van der Waals surface area contributed by atoms with Crippen LogP contribution in [0.4, 0.5) is 29.5 Å². The molecule has 2 saturated heterocycles. The van der Waals surface area contributed by atoms with Gasteiger partial charge in [0, 0.05) is 60.4 Å². The number of carbonyl (C=O) groups excluding carboxylic acids is 1. The standard InChI is InChI=1S/C37H33Cl2F3N8O3/c1-49-34(51)29-20(17-44-49)16-27(37(40,41)42)47-32(29)45-24-8-4-6-22(31(24)39)21-5-3-7-23(30(21)38)25-15-19-9-10-26(28(19)33(46-25)53-2)50-14-12-36(18-50)11-13-43-35(52)48-36/h3-8,15-17,26H,9-14,18H2,1-2H3,(H,45,47)(H2,43,48,52)/t26-,36-/m0/s1. The summed E-state index contributed by atoms with van der Waals surface area (Å²) in [5.41, 5.74) is 2.64. The van der Waals surface area contributed by atoms with Crippen molar-refractivity contribution < 1.29 is 22.7 Å². The van der Waals surface area contributed by atoms with E-state index >= 15 is 0 Å². The van der Waals surface area contributed by atoms with E-state index in [4.69, 9.17) is 32.9 Å². The van der Waals surface area contributed by atoms with Crippen molar-refractivity contribution in [3.8, 4) is 28.3 Å². The topological polar surface area (TPSA) is 126 Å². The molecule has 2 aromatic carbocycles. The van der Waals surface area contributed by atoms with Crippen LogP contribution in [-0.4, -0.2) is 63.0 Å². The second-order valence-electron chi connectivity index (χ2n) is 13.6. The molecule has 1 aliphatic carbocycles. The number of carbonyl (C=O) groups is 1. The largest absolute Gasteiger partial charge is 0.481 e. The van der Waals surface area contributed by atoms with Gasteiger partial charge in [-0.3, -0.25) is 9.69 Å². The van der Waals surface area contributed by atoms with E-state index in [1.54, 1.807) is 31.4 Å².